The lowest BCUT2D eigenvalue weighted by Crippen LogP contribution is -2.36. The number of carbonyl (C=O) groups excluding carboxylic acids is 2. The van der Waals surface area contributed by atoms with Crippen molar-refractivity contribution in [3.8, 4) is 0 Å². The second kappa shape index (κ2) is 8.90. The SMILES string of the molecule is CCc1c(C)sc(NC(=O)[C@@H]2CC=CC[C@H]2C(=O)O)c1C(=O)NC1CCCC1. The average molecular weight is 405 g/mol. The van der Waals surface area contributed by atoms with E-state index in [0.717, 1.165) is 36.1 Å². The molecule has 0 saturated heterocycles. The second-order valence-corrected chi connectivity index (χ2v) is 8.86. The van der Waals surface area contributed by atoms with Gasteiger partial charge in [-0.3, -0.25) is 14.4 Å². The Kier molecular flexibility index (Phi) is 6.54. The number of anilines is 1. The molecule has 2 aliphatic rings. The molecular weight excluding hydrogens is 376 g/mol. The third-order valence-corrected chi connectivity index (χ3v) is 6.87. The summed E-state index contributed by atoms with van der Waals surface area (Å²) in [6.07, 6.45) is 9.37. The Bertz CT molecular complexity index is 793. The molecule has 1 fully saturated rings. The van der Waals surface area contributed by atoms with Crippen LogP contribution in [0.1, 0.15) is 66.2 Å². The molecule has 2 atom stereocenters. The number of hydrogen-bond donors (Lipinski definition) is 3. The monoisotopic (exact) mass is 404 g/mol. The maximum absolute atomic E-state index is 13.0. The number of rotatable bonds is 6. The van der Waals surface area contributed by atoms with Crippen LogP contribution in [0.2, 0.25) is 0 Å². The third kappa shape index (κ3) is 4.29. The molecule has 0 aliphatic heterocycles. The first-order valence-corrected chi connectivity index (χ1v) is 10.9. The van der Waals surface area contributed by atoms with Gasteiger partial charge in [-0.25, -0.2) is 0 Å². The molecule has 2 aliphatic carbocycles. The standard InChI is InChI=1S/C21H28N2O4S/c1-3-14-12(2)28-20(17(14)19(25)22-13-8-4-5-9-13)23-18(24)15-10-6-7-11-16(15)21(26)27/h6-7,13,15-16H,3-5,8-11H2,1-2H3,(H,22,25)(H,23,24)(H,26,27)/t15-,16-/m1/s1. The van der Waals surface area contributed by atoms with Gasteiger partial charge >= 0.3 is 5.97 Å². The minimum absolute atomic E-state index is 0.137. The van der Waals surface area contributed by atoms with Crippen molar-refractivity contribution in [3.63, 3.8) is 0 Å². The van der Waals surface area contributed by atoms with Gasteiger partial charge < -0.3 is 15.7 Å². The van der Waals surface area contributed by atoms with E-state index >= 15 is 0 Å². The van der Waals surface area contributed by atoms with E-state index in [1.165, 1.54) is 11.3 Å². The molecule has 0 bridgehead atoms. The topological polar surface area (TPSA) is 95.5 Å². The Labute approximate surface area is 169 Å². The van der Waals surface area contributed by atoms with E-state index in [1.54, 1.807) is 0 Å². The summed E-state index contributed by atoms with van der Waals surface area (Å²) in [5.41, 5.74) is 1.50. The first-order valence-electron chi connectivity index (χ1n) is 10.0. The van der Waals surface area contributed by atoms with Crippen LogP contribution in [0.15, 0.2) is 12.2 Å². The van der Waals surface area contributed by atoms with Crippen molar-refractivity contribution in [1.82, 2.24) is 5.32 Å². The quantitative estimate of drug-likeness (QED) is 0.627. The van der Waals surface area contributed by atoms with E-state index in [4.69, 9.17) is 0 Å². The van der Waals surface area contributed by atoms with Crippen LogP contribution >= 0.6 is 11.3 Å². The maximum atomic E-state index is 13.0. The zero-order chi connectivity index (χ0) is 20.3. The Morgan fingerprint density at radius 3 is 2.39 bits per heavy atom. The molecule has 152 valence electrons. The molecule has 28 heavy (non-hydrogen) atoms. The summed E-state index contributed by atoms with van der Waals surface area (Å²) >= 11 is 1.40. The summed E-state index contributed by atoms with van der Waals surface area (Å²) in [6.45, 7) is 3.95. The molecule has 2 amide bonds. The molecule has 0 spiro atoms. The largest absolute Gasteiger partial charge is 0.481 e. The number of amides is 2. The van der Waals surface area contributed by atoms with E-state index in [2.05, 4.69) is 10.6 Å². The molecule has 1 saturated carbocycles. The van der Waals surface area contributed by atoms with Crippen LogP contribution in [0.5, 0.6) is 0 Å². The zero-order valence-electron chi connectivity index (χ0n) is 16.4. The summed E-state index contributed by atoms with van der Waals surface area (Å²) < 4.78 is 0. The van der Waals surface area contributed by atoms with Crippen LogP contribution in [0.4, 0.5) is 5.00 Å². The van der Waals surface area contributed by atoms with Crippen molar-refractivity contribution in [2.45, 2.75) is 64.8 Å². The molecule has 6 nitrogen and oxygen atoms in total. The molecule has 1 aromatic heterocycles. The smallest absolute Gasteiger partial charge is 0.307 e. The molecule has 1 aromatic rings. The van der Waals surface area contributed by atoms with Crippen molar-refractivity contribution >= 4 is 34.1 Å². The highest BCUT2D eigenvalue weighted by Crippen LogP contribution is 2.35. The highest BCUT2D eigenvalue weighted by molar-refractivity contribution is 7.16. The molecule has 7 heteroatoms. The lowest BCUT2D eigenvalue weighted by Gasteiger charge is -2.24. The van der Waals surface area contributed by atoms with Crippen LogP contribution in [0, 0.1) is 18.8 Å². The second-order valence-electron chi connectivity index (χ2n) is 7.63. The predicted molar refractivity (Wildman–Crippen MR) is 110 cm³/mol. The summed E-state index contributed by atoms with van der Waals surface area (Å²) in [6, 6.07) is 0.195. The fourth-order valence-electron chi connectivity index (χ4n) is 4.24. The molecule has 0 aromatic carbocycles. The van der Waals surface area contributed by atoms with Gasteiger partial charge in [-0.2, -0.15) is 0 Å². The van der Waals surface area contributed by atoms with Crippen LogP contribution in [0.3, 0.4) is 0 Å². The van der Waals surface area contributed by atoms with Gasteiger partial charge in [0, 0.05) is 10.9 Å². The van der Waals surface area contributed by atoms with Gasteiger partial charge in [0.15, 0.2) is 0 Å². The van der Waals surface area contributed by atoms with Crippen LogP contribution in [-0.2, 0) is 16.0 Å². The zero-order valence-corrected chi connectivity index (χ0v) is 17.2. The number of carbonyl (C=O) groups is 3. The predicted octanol–water partition coefficient (Wildman–Crippen LogP) is 3.90. The Balaban J connectivity index is 1.82. The van der Waals surface area contributed by atoms with Gasteiger partial charge in [0.2, 0.25) is 5.91 Å². The molecule has 0 radical (unpaired) electrons. The summed E-state index contributed by atoms with van der Waals surface area (Å²) in [5.74, 6) is -2.77. The fraction of sp³-hybridized carbons (Fsp3) is 0.571. The number of aliphatic carboxylic acids is 1. The van der Waals surface area contributed by atoms with Gasteiger partial charge in [-0.1, -0.05) is 31.9 Å². The summed E-state index contributed by atoms with van der Waals surface area (Å²) in [7, 11) is 0. The van der Waals surface area contributed by atoms with Crippen LogP contribution < -0.4 is 10.6 Å². The molecule has 1 heterocycles. The van der Waals surface area contributed by atoms with Crippen molar-refractivity contribution < 1.29 is 19.5 Å². The van der Waals surface area contributed by atoms with Gasteiger partial charge in [0.25, 0.3) is 5.91 Å². The highest BCUT2D eigenvalue weighted by atomic mass is 32.1. The Morgan fingerprint density at radius 1 is 1.14 bits per heavy atom. The number of carboxylic acids is 1. The van der Waals surface area contributed by atoms with E-state index < -0.39 is 17.8 Å². The average Bonchev–Trinajstić information content (AvgIpc) is 3.28. The lowest BCUT2D eigenvalue weighted by molar-refractivity contribution is -0.146. The fourth-order valence-corrected chi connectivity index (χ4v) is 5.39. The van der Waals surface area contributed by atoms with Crippen molar-refractivity contribution in [2.24, 2.45) is 11.8 Å². The number of nitrogens with one attached hydrogen (secondary N) is 2. The van der Waals surface area contributed by atoms with Crippen molar-refractivity contribution in [1.29, 1.82) is 0 Å². The first-order chi connectivity index (χ1) is 13.4. The van der Waals surface area contributed by atoms with E-state index in [1.807, 2.05) is 26.0 Å². The summed E-state index contributed by atoms with van der Waals surface area (Å²) in [5, 5.41) is 16.0. The number of aryl methyl sites for hydroxylation is 1. The molecule has 3 rings (SSSR count). The third-order valence-electron chi connectivity index (χ3n) is 5.80. The Hall–Kier alpha value is -2.15. The molecule has 3 N–H and O–H groups in total. The van der Waals surface area contributed by atoms with Crippen molar-refractivity contribution in [3.05, 3.63) is 28.2 Å². The minimum Gasteiger partial charge on any atom is -0.481 e. The normalized spacial score (nSPS) is 22.2. The van der Waals surface area contributed by atoms with Gasteiger partial charge in [0.05, 0.1) is 17.4 Å². The molecule has 0 unspecified atom stereocenters. The van der Waals surface area contributed by atoms with Crippen LogP contribution in [0.25, 0.3) is 0 Å². The van der Waals surface area contributed by atoms with Gasteiger partial charge in [-0.15, -0.1) is 11.3 Å². The van der Waals surface area contributed by atoms with Crippen LogP contribution in [-0.4, -0.2) is 28.9 Å². The molecular formula is C21H28N2O4S. The summed E-state index contributed by atoms with van der Waals surface area (Å²) in [4.78, 5) is 38.4. The first kappa shape index (κ1) is 20.6. The van der Waals surface area contributed by atoms with E-state index in [9.17, 15) is 19.5 Å². The maximum Gasteiger partial charge on any atom is 0.307 e. The minimum atomic E-state index is -0.958. The Morgan fingerprint density at radius 2 is 1.79 bits per heavy atom. The van der Waals surface area contributed by atoms with E-state index in [0.29, 0.717) is 29.8 Å². The van der Waals surface area contributed by atoms with E-state index in [-0.39, 0.29) is 17.9 Å². The number of carboxylic acid groups (broad SMARTS) is 1. The highest BCUT2D eigenvalue weighted by Gasteiger charge is 2.35. The lowest BCUT2D eigenvalue weighted by atomic mass is 9.82. The van der Waals surface area contributed by atoms with Gasteiger partial charge in [-0.05, 0) is 44.6 Å². The van der Waals surface area contributed by atoms with Gasteiger partial charge in [0.1, 0.15) is 5.00 Å². The number of allylic oxidation sites excluding steroid dienone is 2. The number of thiophene rings is 1. The number of hydrogen-bond acceptors (Lipinski definition) is 4. The van der Waals surface area contributed by atoms with Crippen molar-refractivity contribution in [2.75, 3.05) is 5.32 Å².